The zero-order chi connectivity index (χ0) is 24.8. The summed E-state index contributed by atoms with van der Waals surface area (Å²) >= 11 is 0. The summed E-state index contributed by atoms with van der Waals surface area (Å²) < 4.78 is 10.6. The lowest BCUT2D eigenvalue weighted by Gasteiger charge is -2.46. The summed E-state index contributed by atoms with van der Waals surface area (Å²) in [5.41, 5.74) is 0.0197. The number of hydrogen-bond acceptors (Lipinski definition) is 6. The van der Waals surface area contributed by atoms with Crippen molar-refractivity contribution >= 4 is 23.5 Å². The molecule has 4 rings (SSSR count). The molecule has 8 heteroatoms. The minimum Gasteiger partial charge on any atom is -0.481 e. The van der Waals surface area contributed by atoms with Gasteiger partial charge in [-0.05, 0) is 42.7 Å². The fourth-order valence-corrected chi connectivity index (χ4v) is 4.73. The zero-order valence-corrected chi connectivity index (χ0v) is 19.5. The maximum Gasteiger partial charge on any atom is 0.332 e. The standard InChI is InChI=1S/C27H28N2O6/c1-34-26(33)27(29(21-11-6-3-7-12-21)24(30)23-13-8-18-35-23)14-16-28(17-15-27)19-22(25(31)32)20-9-4-2-5-10-20/h2-13,18,22H,14-17,19H2,1H3,(H,31,32). The number of methoxy groups -OCH3 is 1. The summed E-state index contributed by atoms with van der Waals surface area (Å²) in [5.74, 6) is -2.43. The zero-order valence-electron chi connectivity index (χ0n) is 19.5. The van der Waals surface area contributed by atoms with Crippen molar-refractivity contribution in [3.05, 3.63) is 90.4 Å². The molecule has 0 spiro atoms. The molecule has 0 radical (unpaired) electrons. The van der Waals surface area contributed by atoms with Gasteiger partial charge in [0.15, 0.2) is 5.76 Å². The lowest BCUT2D eigenvalue weighted by atomic mass is 9.84. The van der Waals surface area contributed by atoms with Crippen molar-refractivity contribution in [1.29, 1.82) is 0 Å². The molecule has 1 saturated heterocycles. The third-order valence-corrected chi connectivity index (χ3v) is 6.57. The van der Waals surface area contributed by atoms with Gasteiger partial charge in [0, 0.05) is 25.3 Å². The third kappa shape index (κ3) is 4.97. The number of carboxylic acid groups (broad SMARTS) is 1. The Morgan fingerprint density at radius 1 is 1.00 bits per heavy atom. The lowest BCUT2D eigenvalue weighted by Crippen LogP contribution is -2.63. The molecule has 0 bridgehead atoms. The molecule has 2 heterocycles. The number of benzene rings is 2. The molecule has 3 aromatic rings. The van der Waals surface area contributed by atoms with E-state index in [9.17, 15) is 19.5 Å². The van der Waals surface area contributed by atoms with E-state index in [0.717, 1.165) is 5.56 Å². The number of ether oxygens (including phenoxy) is 1. The number of aliphatic carboxylic acids is 1. The molecule has 1 unspecified atom stereocenters. The minimum absolute atomic E-state index is 0.120. The summed E-state index contributed by atoms with van der Waals surface area (Å²) in [6.45, 7) is 1.13. The second-order valence-electron chi connectivity index (χ2n) is 8.58. The van der Waals surface area contributed by atoms with E-state index in [2.05, 4.69) is 0 Å². The molecule has 1 aromatic heterocycles. The first-order chi connectivity index (χ1) is 17.0. The van der Waals surface area contributed by atoms with Gasteiger partial charge in [0.25, 0.3) is 5.91 Å². The van der Waals surface area contributed by atoms with Crippen molar-refractivity contribution in [2.45, 2.75) is 24.3 Å². The number of carbonyl (C=O) groups excluding carboxylic acids is 2. The molecule has 1 aliphatic heterocycles. The fraction of sp³-hybridized carbons (Fsp3) is 0.296. The highest BCUT2D eigenvalue weighted by atomic mass is 16.5. The molecule has 1 atom stereocenters. The van der Waals surface area contributed by atoms with E-state index < -0.39 is 29.3 Å². The van der Waals surface area contributed by atoms with Gasteiger partial charge in [0.2, 0.25) is 0 Å². The van der Waals surface area contributed by atoms with E-state index in [1.165, 1.54) is 18.3 Å². The van der Waals surface area contributed by atoms with Crippen LogP contribution in [-0.2, 0) is 14.3 Å². The molecule has 182 valence electrons. The van der Waals surface area contributed by atoms with Crippen LogP contribution in [0.2, 0.25) is 0 Å². The number of anilines is 1. The number of amides is 1. The first-order valence-corrected chi connectivity index (χ1v) is 11.5. The molecule has 0 saturated carbocycles. The number of nitrogens with zero attached hydrogens (tertiary/aromatic N) is 2. The topological polar surface area (TPSA) is 100 Å². The largest absolute Gasteiger partial charge is 0.481 e. The summed E-state index contributed by atoms with van der Waals surface area (Å²) in [7, 11) is 1.31. The van der Waals surface area contributed by atoms with Crippen LogP contribution >= 0.6 is 0 Å². The molecular formula is C27H28N2O6. The Hall–Kier alpha value is -3.91. The lowest BCUT2D eigenvalue weighted by molar-refractivity contribution is -0.149. The summed E-state index contributed by atoms with van der Waals surface area (Å²) in [5, 5.41) is 9.84. The Labute approximate surface area is 203 Å². The van der Waals surface area contributed by atoms with Crippen LogP contribution in [0.3, 0.4) is 0 Å². The monoisotopic (exact) mass is 476 g/mol. The highest BCUT2D eigenvalue weighted by Crippen LogP contribution is 2.36. The second kappa shape index (κ2) is 10.6. The van der Waals surface area contributed by atoms with Crippen LogP contribution in [0.15, 0.2) is 83.5 Å². The normalized spacial score (nSPS) is 16.3. The van der Waals surface area contributed by atoms with E-state index in [1.54, 1.807) is 48.5 Å². The van der Waals surface area contributed by atoms with Gasteiger partial charge in [-0.3, -0.25) is 14.5 Å². The minimum atomic E-state index is -1.26. The van der Waals surface area contributed by atoms with Crippen LogP contribution in [0.4, 0.5) is 5.69 Å². The van der Waals surface area contributed by atoms with E-state index >= 15 is 0 Å². The van der Waals surface area contributed by atoms with E-state index in [0.29, 0.717) is 25.3 Å². The molecule has 2 aromatic carbocycles. The molecule has 35 heavy (non-hydrogen) atoms. The Morgan fingerprint density at radius 2 is 1.63 bits per heavy atom. The smallest absolute Gasteiger partial charge is 0.332 e. The Morgan fingerprint density at radius 3 is 2.17 bits per heavy atom. The second-order valence-corrected chi connectivity index (χ2v) is 8.58. The van der Waals surface area contributed by atoms with Gasteiger partial charge in [-0.1, -0.05) is 48.5 Å². The van der Waals surface area contributed by atoms with Crippen molar-refractivity contribution in [2.75, 3.05) is 31.6 Å². The Bertz CT molecular complexity index is 1140. The van der Waals surface area contributed by atoms with Crippen molar-refractivity contribution in [3.63, 3.8) is 0 Å². The molecular weight excluding hydrogens is 448 g/mol. The molecule has 8 nitrogen and oxygen atoms in total. The number of carbonyl (C=O) groups is 3. The highest BCUT2D eigenvalue weighted by Gasteiger charge is 2.51. The van der Waals surface area contributed by atoms with Gasteiger partial charge < -0.3 is 19.2 Å². The Kier molecular flexibility index (Phi) is 7.31. The van der Waals surface area contributed by atoms with Crippen LogP contribution in [0, 0.1) is 0 Å². The van der Waals surface area contributed by atoms with Crippen molar-refractivity contribution in [3.8, 4) is 0 Å². The van der Waals surface area contributed by atoms with Gasteiger partial charge in [0.1, 0.15) is 5.54 Å². The number of carboxylic acids is 1. The van der Waals surface area contributed by atoms with E-state index in [1.807, 2.05) is 29.2 Å². The average Bonchev–Trinajstić information content (AvgIpc) is 3.44. The first-order valence-electron chi connectivity index (χ1n) is 11.5. The molecule has 0 aliphatic carbocycles. The quantitative estimate of drug-likeness (QED) is 0.494. The van der Waals surface area contributed by atoms with Crippen LogP contribution in [-0.4, -0.2) is 60.1 Å². The maximum absolute atomic E-state index is 13.6. The number of hydrogen-bond donors (Lipinski definition) is 1. The summed E-state index contributed by atoms with van der Waals surface area (Å²) in [4.78, 5) is 42.4. The van der Waals surface area contributed by atoms with Crippen LogP contribution in [0.1, 0.15) is 34.9 Å². The highest BCUT2D eigenvalue weighted by molar-refractivity contribution is 6.09. The third-order valence-electron chi connectivity index (χ3n) is 6.57. The van der Waals surface area contributed by atoms with Gasteiger partial charge in [-0.25, -0.2) is 4.79 Å². The van der Waals surface area contributed by atoms with Gasteiger partial charge in [-0.15, -0.1) is 0 Å². The van der Waals surface area contributed by atoms with Crippen LogP contribution in [0.5, 0.6) is 0 Å². The van der Waals surface area contributed by atoms with Crippen molar-refractivity contribution < 1.29 is 28.6 Å². The number of para-hydroxylation sites is 1. The number of piperidine rings is 1. The summed E-state index contributed by atoms with van der Waals surface area (Å²) in [6.07, 6.45) is 1.98. The van der Waals surface area contributed by atoms with Crippen LogP contribution < -0.4 is 4.90 Å². The fourth-order valence-electron chi connectivity index (χ4n) is 4.73. The SMILES string of the molecule is COC(=O)C1(N(C(=O)c2ccco2)c2ccccc2)CCN(CC(C(=O)O)c2ccccc2)CC1. The Balaban J connectivity index is 1.63. The molecule has 1 N–H and O–H groups in total. The van der Waals surface area contributed by atoms with Gasteiger partial charge >= 0.3 is 11.9 Å². The van der Waals surface area contributed by atoms with Gasteiger partial charge in [-0.2, -0.15) is 0 Å². The number of furan rings is 1. The predicted octanol–water partition coefficient (Wildman–Crippen LogP) is 3.80. The van der Waals surface area contributed by atoms with Gasteiger partial charge in [0.05, 0.1) is 19.3 Å². The maximum atomic E-state index is 13.6. The molecule has 1 fully saturated rings. The number of likely N-dealkylation sites (tertiary alicyclic amines) is 1. The van der Waals surface area contributed by atoms with E-state index in [4.69, 9.17) is 9.15 Å². The van der Waals surface area contributed by atoms with Crippen molar-refractivity contribution in [2.24, 2.45) is 0 Å². The number of esters is 1. The molecule has 1 aliphatic rings. The predicted molar refractivity (Wildman–Crippen MR) is 129 cm³/mol. The van der Waals surface area contributed by atoms with Crippen LogP contribution in [0.25, 0.3) is 0 Å². The summed E-state index contributed by atoms with van der Waals surface area (Å²) in [6, 6.07) is 21.3. The van der Waals surface area contributed by atoms with Crippen molar-refractivity contribution in [1.82, 2.24) is 4.90 Å². The number of rotatable bonds is 8. The average molecular weight is 477 g/mol. The molecule has 1 amide bonds. The first kappa shape index (κ1) is 24.2. The van der Waals surface area contributed by atoms with E-state index in [-0.39, 0.29) is 18.6 Å².